The first-order chi connectivity index (χ1) is 9.54. The van der Waals surface area contributed by atoms with E-state index in [1.807, 2.05) is 32.1 Å². The number of aryl methyl sites for hydroxylation is 1. The predicted octanol–water partition coefficient (Wildman–Crippen LogP) is 4.12. The second-order valence-electron chi connectivity index (χ2n) is 5.42. The van der Waals surface area contributed by atoms with Crippen LogP contribution in [0.4, 0.5) is 0 Å². The highest BCUT2D eigenvalue weighted by molar-refractivity contribution is 5.85. The van der Waals surface area contributed by atoms with Gasteiger partial charge in [0.2, 0.25) is 0 Å². The molecule has 0 radical (unpaired) electrons. The number of benzene rings is 2. The van der Waals surface area contributed by atoms with E-state index in [0.29, 0.717) is 11.5 Å². The van der Waals surface area contributed by atoms with Gasteiger partial charge >= 0.3 is 0 Å². The zero-order valence-corrected chi connectivity index (χ0v) is 11.8. The standard InChI is InChI=1S/C18H18O2/c1-4-12-10(2)9-17(20)15-6-5-13-11(3)16(19)8-7-14(13)18(12)15/h4,7-9,19-20H,1,5-6H2,2-3H3. The van der Waals surface area contributed by atoms with E-state index < -0.39 is 0 Å². The summed E-state index contributed by atoms with van der Waals surface area (Å²) in [6.07, 6.45) is 3.49. The second kappa shape index (κ2) is 4.41. The first-order valence-electron chi connectivity index (χ1n) is 6.84. The maximum atomic E-state index is 10.2. The van der Waals surface area contributed by atoms with Gasteiger partial charge in [0.25, 0.3) is 0 Å². The molecule has 2 heteroatoms. The van der Waals surface area contributed by atoms with Crippen LogP contribution in [0.15, 0.2) is 24.8 Å². The average molecular weight is 266 g/mol. The molecule has 0 bridgehead atoms. The van der Waals surface area contributed by atoms with Crippen molar-refractivity contribution in [3.05, 3.63) is 52.6 Å². The summed E-state index contributed by atoms with van der Waals surface area (Å²) in [5.41, 5.74) is 7.37. The van der Waals surface area contributed by atoms with Crippen LogP contribution in [0.1, 0.15) is 27.8 Å². The van der Waals surface area contributed by atoms with Gasteiger partial charge in [0, 0.05) is 5.56 Å². The number of fused-ring (bicyclic) bond motifs is 3. The Labute approximate surface area is 119 Å². The molecule has 0 saturated heterocycles. The summed E-state index contributed by atoms with van der Waals surface area (Å²) in [4.78, 5) is 0. The molecule has 0 heterocycles. The molecule has 102 valence electrons. The monoisotopic (exact) mass is 266 g/mol. The predicted molar refractivity (Wildman–Crippen MR) is 82.2 cm³/mol. The van der Waals surface area contributed by atoms with Gasteiger partial charge in [-0.3, -0.25) is 0 Å². The Bertz CT molecular complexity index is 727. The molecule has 20 heavy (non-hydrogen) atoms. The second-order valence-corrected chi connectivity index (χ2v) is 5.42. The molecule has 2 aromatic rings. The summed E-state index contributed by atoms with van der Waals surface area (Å²) in [7, 11) is 0. The van der Waals surface area contributed by atoms with Crippen LogP contribution in [0.25, 0.3) is 17.2 Å². The van der Waals surface area contributed by atoms with E-state index in [-0.39, 0.29) is 0 Å². The van der Waals surface area contributed by atoms with Gasteiger partial charge in [-0.2, -0.15) is 0 Å². The lowest BCUT2D eigenvalue weighted by Crippen LogP contribution is -2.08. The molecule has 0 unspecified atom stereocenters. The van der Waals surface area contributed by atoms with Crippen LogP contribution in [-0.4, -0.2) is 10.2 Å². The molecular formula is C18H18O2. The Morgan fingerprint density at radius 2 is 1.75 bits per heavy atom. The Morgan fingerprint density at radius 3 is 2.45 bits per heavy atom. The zero-order valence-electron chi connectivity index (χ0n) is 11.8. The van der Waals surface area contributed by atoms with Crippen molar-refractivity contribution in [3.8, 4) is 22.6 Å². The molecule has 0 saturated carbocycles. The fourth-order valence-corrected chi connectivity index (χ4v) is 3.23. The highest BCUT2D eigenvalue weighted by atomic mass is 16.3. The molecule has 2 nitrogen and oxygen atoms in total. The Morgan fingerprint density at radius 1 is 1.05 bits per heavy atom. The van der Waals surface area contributed by atoms with Crippen molar-refractivity contribution in [2.24, 2.45) is 0 Å². The number of aromatic hydroxyl groups is 2. The lowest BCUT2D eigenvalue weighted by Gasteiger charge is -2.25. The van der Waals surface area contributed by atoms with Gasteiger partial charge in [0.15, 0.2) is 0 Å². The summed E-state index contributed by atoms with van der Waals surface area (Å²) in [6.45, 7) is 7.84. The van der Waals surface area contributed by atoms with Gasteiger partial charge in [-0.05, 0) is 72.2 Å². The van der Waals surface area contributed by atoms with Crippen molar-refractivity contribution >= 4 is 6.08 Å². The third-order valence-corrected chi connectivity index (χ3v) is 4.33. The number of phenolic OH excluding ortho intramolecular Hbond substituents is 2. The van der Waals surface area contributed by atoms with E-state index >= 15 is 0 Å². The van der Waals surface area contributed by atoms with Gasteiger partial charge in [0.05, 0.1) is 0 Å². The topological polar surface area (TPSA) is 40.5 Å². The Balaban J connectivity index is 2.42. The van der Waals surface area contributed by atoms with E-state index in [2.05, 4.69) is 6.58 Å². The lowest BCUT2D eigenvalue weighted by atomic mass is 9.79. The highest BCUT2D eigenvalue weighted by Crippen LogP contribution is 2.44. The molecule has 0 aliphatic heterocycles. The molecule has 0 spiro atoms. The van der Waals surface area contributed by atoms with Gasteiger partial charge in [0.1, 0.15) is 11.5 Å². The quantitative estimate of drug-likeness (QED) is 0.815. The van der Waals surface area contributed by atoms with E-state index in [9.17, 15) is 10.2 Å². The van der Waals surface area contributed by atoms with E-state index in [4.69, 9.17) is 0 Å². The van der Waals surface area contributed by atoms with Gasteiger partial charge in [-0.1, -0.05) is 18.7 Å². The van der Waals surface area contributed by atoms with E-state index in [0.717, 1.165) is 46.2 Å². The van der Waals surface area contributed by atoms with Crippen molar-refractivity contribution < 1.29 is 10.2 Å². The van der Waals surface area contributed by atoms with Crippen LogP contribution in [0, 0.1) is 13.8 Å². The van der Waals surface area contributed by atoms with Crippen LogP contribution in [0.3, 0.4) is 0 Å². The minimum atomic E-state index is 0.337. The third-order valence-electron chi connectivity index (χ3n) is 4.33. The summed E-state index contributed by atoms with van der Waals surface area (Å²) >= 11 is 0. The third kappa shape index (κ3) is 1.64. The minimum absolute atomic E-state index is 0.337. The molecule has 0 amide bonds. The normalized spacial score (nSPS) is 12.7. The molecule has 1 aliphatic rings. The largest absolute Gasteiger partial charge is 0.508 e. The zero-order chi connectivity index (χ0) is 14.4. The highest BCUT2D eigenvalue weighted by Gasteiger charge is 2.24. The van der Waals surface area contributed by atoms with Gasteiger partial charge in [-0.25, -0.2) is 0 Å². The molecule has 0 fully saturated rings. The fraction of sp³-hybridized carbons (Fsp3) is 0.222. The Hall–Kier alpha value is -2.22. The number of hydrogen-bond acceptors (Lipinski definition) is 2. The van der Waals surface area contributed by atoms with Crippen LogP contribution in [0.2, 0.25) is 0 Å². The summed E-state index contributed by atoms with van der Waals surface area (Å²) in [5, 5.41) is 20.1. The molecule has 0 atom stereocenters. The first kappa shape index (κ1) is 12.8. The van der Waals surface area contributed by atoms with Crippen molar-refractivity contribution in [1.29, 1.82) is 0 Å². The lowest BCUT2D eigenvalue weighted by molar-refractivity contribution is 0.466. The Kier molecular flexibility index (Phi) is 2.82. The van der Waals surface area contributed by atoms with E-state index in [1.54, 1.807) is 6.07 Å². The van der Waals surface area contributed by atoms with Crippen molar-refractivity contribution in [3.63, 3.8) is 0 Å². The SMILES string of the molecule is C=Cc1c(C)cc(O)c2c1-c1ccc(O)c(C)c1CC2. The number of rotatable bonds is 1. The summed E-state index contributed by atoms with van der Waals surface area (Å²) in [5.74, 6) is 0.698. The first-order valence-corrected chi connectivity index (χ1v) is 6.84. The smallest absolute Gasteiger partial charge is 0.119 e. The number of hydrogen-bond donors (Lipinski definition) is 2. The van der Waals surface area contributed by atoms with Crippen LogP contribution < -0.4 is 0 Å². The molecule has 2 aromatic carbocycles. The fourth-order valence-electron chi connectivity index (χ4n) is 3.23. The van der Waals surface area contributed by atoms with E-state index in [1.165, 1.54) is 5.56 Å². The van der Waals surface area contributed by atoms with Crippen molar-refractivity contribution in [1.82, 2.24) is 0 Å². The molecule has 3 rings (SSSR count). The van der Waals surface area contributed by atoms with Crippen LogP contribution in [0.5, 0.6) is 11.5 Å². The average Bonchev–Trinajstić information content (AvgIpc) is 2.43. The maximum Gasteiger partial charge on any atom is 0.119 e. The molecular weight excluding hydrogens is 248 g/mol. The summed E-state index contributed by atoms with van der Waals surface area (Å²) < 4.78 is 0. The number of phenols is 2. The summed E-state index contributed by atoms with van der Waals surface area (Å²) in [6, 6.07) is 5.49. The van der Waals surface area contributed by atoms with Crippen LogP contribution in [-0.2, 0) is 12.8 Å². The molecule has 1 aliphatic carbocycles. The van der Waals surface area contributed by atoms with Crippen LogP contribution >= 0.6 is 0 Å². The molecule has 0 aromatic heterocycles. The van der Waals surface area contributed by atoms with Crippen molar-refractivity contribution in [2.45, 2.75) is 26.7 Å². The van der Waals surface area contributed by atoms with Gasteiger partial charge < -0.3 is 10.2 Å². The minimum Gasteiger partial charge on any atom is -0.508 e. The molecule has 2 N–H and O–H groups in total. The van der Waals surface area contributed by atoms with Gasteiger partial charge in [-0.15, -0.1) is 0 Å². The maximum absolute atomic E-state index is 10.2. The van der Waals surface area contributed by atoms with Crippen molar-refractivity contribution in [2.75, 3.05) is 0 Å².